The maximum absolute atomic E-state index is 12.4. The van der Waals surface area contributed by atoms with Crippen molar-refractivity contribution in [3.8, 4) is 6.07 Å². The number of ether oxygens (including phenoxy) is 1. The number of carbonyl (C=O) groups is 1. The summed E-state index contributed by atoms with van der Waals surface area (Å²) in [6.45, 7) is 3.31. The van der Waals surface area contributed by atoms with Gasteiger partial charge in [-0.15, -0.1) is 0 Å². The fourth-order valence-corrected chi connectivity index (χ4v) is 2.50. The van der Waals surface area contributed by atoms with E-state index in [1.807, 2.05) is 17.9 Å². The average molecular weight is 286 g/mol. The van der Waals surface area contributed by atoms with Crippen LogP contribution in [0.5, 0.6) is 0 Å². The van der Waals surface area contributed by atoms with Crippen LogP contribution in [-0.2, 0) is 9.53 Å². The molecule has 110 valence electrons. The van der Waals surface area contributed by atoms with Gasteiger partial charge in [-0.25, -0.2) is 4.98 Å². The molecule has 0 bridgehead atoms. The van der Waals surface area contributed by atoms with Gasteiger partial charge < -0.3 is 15.0 Å². The molecule has 0 radical (unpaired) electrons. The van der Waals surface area contributed by atoms with Gasteiger partial charge >= 0.3 is 0 Å². The first kappa shape index (κ1) is 13.8. The van der Waals surface area contributed by atoms with Crippen LogP contribution in [0.15, 0.2) is 12.3 Å². The number of aryl methyl sites for hydroxylation is 1. The lowest BCUT2D eigenvalue weighted by Gasteiger charge is -2.36. The topological polar surface area (TPSA) is 78.2 Å². The average Bonchev–Trinajstić information content (AvgIpc) is 3.31. The second kappa shape index (κ2) is 5.70. The van der Waals surface area contributed by atoms with E-state index in [0.29, 0.717) is 37.2 Å². The Hall–Kier alpha value is -2.13. The van der Waals surface area contributed by atoms with Crippen LogP contribution < -0.4 is 10.2 Å². The number of nitriles is 1. The normalized spacial score (nSPS) is 21.7. The molecule has 21 heavy (non-hydrogen) atoms. The predicted molar refractivity (Wildman–Crippen MR) is 76.8 cm³/mol. The summed E-state index contributed by atoms with van der Waals surface area (Å²) < 4.78 is 5.45. The lowest BCUT2D eigenvalue weighted by atomic mass is 10.1. The predicted octanol–water partition coefficient (Wildman–Crippen LogP) is 0.745. The maximum atomic E-state index is 12.4. The molecule has 2 heterocycles. The fourth-order valence-electron chi connectivity index (χ4n) is 2.50. The highest BCUT2D eigenvalue weighted by Gasteiger charge is 2.34. The van der Waals surface area contributed by atoms with Gasteiger partial charge in [-0.1, -0.05) is 0 Å². The number of rotatable bonds is 3. The molecule has 1 saturated carbocycles. The molecule has 1 atom stereocenters. The van der Waals surface area contributed by atoms with Crippen LogP contribution in [-0.4, -0.2) is 42.7 Å². The van der Waals surface area contributed by atoms with Gasteiger partial charge in [-0.2, -0.15) is 5.26 Å². The summed E-state index contributed by atoms with van der Waals surface area (Å²) in [5.41, 5.74) is 1.40. The van der Waals surface area contributed by atoms with Crippen LogP contribution in [0.25, 0.3) is 0 Å². The van der Waals surface area contributed by atoms with E-state index in [-0.39, 0.29) is 5.91 Å². The number of aromatic nitrogens is 1. The highest BCUT2D eigenvalue weighted by atomic mass is 16.5. The quantitative estimate of drug-likeness (QED) is 0.887. The SMILES string of the molecule is Cc1ccnc(N2CCOCC2C(=O)NC2CC2)c1C#N. The Balaban J connectivity index is 1.88. The van der Waals surface area contributed by atoms with Crippen molar-refractivity contribution in [1.29, 1.82) is 5.26 Å². The number of hydrogen-bond acceptors (Lipinski definition) is 5. The molecule has 2 aliphatic rings. The minimum absolute atomic E-state index is 0.0376. The highest BCUT2D eigenvalue weighted by Crippen LogP contribution is 2.25. The molecular formula is C15H18N4O2. The molecular weight excluding hydrogens is 268 g/mol. The molecule has 1 aromatic heterocycles. The van der Waals surface area contributed by atoms with Crippen molar-refractivity contribution in [2.75, 3.05) is 24.7 Å². The number of carbonyl (C=O) groups excluding carboxylic acids is 1. The molecule has 1 aliphatic carbocycles. The molecule has 6 heteroatoms. The molecule has 6 nitrogen and oxygen atoms in total. The number of pyridine rings is 1. The minimum Gasteiger partial charge on any atom is -0.377 e. The first-order valence-electron chi connectivity index (χ1n) is 7.21. The smallest absolute Gasteiger partial charge is 0.245 e. The van der Waals surface area contributed by atoms with Crippen LogP contribution in [0.3, 0.4) is 0 Å². The number of morpholine rings is 1. The molecule has 3 rings (SSSR count). The summed E-state index contributed by atoms with van der Waals surface area (Å²) in [5.74, 6) is 0.543. The number of nitrogens with one attached hydrogen (secondary N) is 1. The fraction of sp³-hybridized carbons (Fsp3) is 0.533. The summed E-state index contributed by atoms with van der Waals surface area (Å²) >= 11 is 0. The summed E-state index contributed by atoms with van der Waals surface area (Å²) in [6, 6.07) is 3.90. The maximum Gasteiger partial charge on any atom is 0.245 e. The van der Waals surface area contributed by atoms with Gasteiger partial charge in [0.2, 0.25) is 5.91 Å². The van der Waals surface area contributed by atoms with Gasteiger partial charge in [0.05, 0.1) is 18.8 Å². The Morgan fingerprint density at radius 2 is 2.38 bits per heavy atom. The third-order valence-electron chi connectivity index (χ3n) is 3.88. The lowest BCUT2D eigenvalue weighted by Crippen LogP contribution is -2.55. The zero-order chi connectivity index (χ0) is 14.8. The molecule has 1 amide bonds. The number of anilines is 1. The standard InChI is InChI=1S/C15H18N4O2/c1-10-4-5-17-14(12(10)8-16)19-6-7-21-9-13(19)15(20)18-11-2-3-11/h4-5,11,13H,2-3,6-7,9H2,1H3,(H,18,20). The first-order chi connectivity index (χ1) is 10.2. The molecule has 0 aromatic carbocycles. The van der Waals surface area contributed by atoms with Crippen LogP contribution in [0, 0.1) is 18.3 Å². The van der Waals surface area contributed by atoms with Gasteiger partial charge in [-0.05, 0) is 31.4 Å². The summed E-state index contributed by atoms with van der Waals surface area (Å²) in [4.78, 5) is 18.6. The molecule has 1 saturated heterocycles. The van der Waals surface area contributed by atoms with Gasteiger partial charge in [-0.3, -0.25) is 4.79 Å². The number of amides is 1. The van der Waals surface area contributed by atoms with Crippen molar-refractivity contribution < 1.29 is 9.53 Å². The Morgan fingerprint density at radius 3 is 3.10 bits per heavy atom. The Morgan fingerprint density at radius 1 is 1.57 bits per heavy atom. The van der Waals surface area contributed by atoms with Crippen molar-refractivity contribution in [3.05, 3.63) is 23.4 Å². The van der Waals surface area contributed by atoms with Crippen molar-refractivity contribution >= 4 is 11.7 Å². The van der Waals surface area contributed by atoms with E-state index in [9.17, 15) is 10.1 Å². The Bertz CT molecular complexity index is 592. The summed E-state index contributed by atoms with van der Waals surface area (Å²) in [5, 5.41) is 12.4. The van der Waals surface area contributed by atoms with E-state index >= 15 is 0 Å². The van der Waals surface area contributed by atoms with Crippen molar-refractivity contribution in [2.24, 2.45) is 0 Å². The zero-order valence-electron chi connectivity index (χ0n) is 12.0. The monoisotopic (exact) mass is 286 g/mol. The van der Waals surface area contributed by atoms with E-state index in [4.69, 9.17) is 4.74 Å². The van der Waals surface area contributed by atoms with Gasteiger partial charge in [0.1, 0.15) is 17.9 Å². The molecule has 2 fully saturated rings. The largest absolute Gasteiger partial charge is 0.377 e. The molecule has 1 aliphatic heterocycles. The second-order valence-corrected chi connectivity index (χ2v) is 5.51. The summed E-state index contributed by atoms with van der Waals surface area (Å²) in [7, 11) is 0. The highest BCUT2D eigenvalue weighted by molar-refractivity contribution is 5.86. The van der Waals surface area contributed by atoms with Crippen LogP contribution in [0.1, 0.15) is 24.0 Å². The van der Waals surface area contributed by atoms with Gasteiger partial charge in [0.15, 0.2) is 0 Å². The molecule has 1 N–H and O–H groups in total. The van der Waals surface area contributed by atoms with Gasteiger partial charge in [0.25, 0.3) is 0 Å². The third-order valence-corrected chi connectivity index (χ3v) is 3.88. The molecule has 0 spiro atoms. The number of hydrogen-bond donors (Lipinski definition) is 1. The first-order valence-corrected chi connectivity index (χ1v) is 7.21. The minimum atomic E-state index is -0.416. The summed E-state index contributed by atoms with van der Waals surface area (Å²) in [6.07, 6.45) is 3.77. The van der Waals surface area contributed by atoms with Crippen LogP contribution >= 0.6 is 0 Å². The third kappa shape index (κ3) is 2.83. The van der Waals surface area contributed by atoms with E-state index in [1.54, 1.807) is 6.20 Å². The van der Waals surface area contributed by atoms with E-state index in [1.165, 1.54) is 0 Å². The Kier molecular flexibility index (Phi) is 3.76. The van der Waals surface area contributed by atoms with Crippen molar-refractivity contribution in [2.45, 2.75) is 31.8 Å². The van der Waals surface area contributed by atoms with E-state index < -0.39 is 6.04 Å². The number of nitrogens with zero attached hydrogens (tertiary/aromatic N) is 3. The van der Waals surface area contributed by atoms with E-state index in [0.717, 1.165) is 18.4 Å². The van der Waals surface area contributed by atoms with E-state index in [2.05, 4.69) is 16.4 Å². The van der Waals surface area contributed by atoms with Crippen LogP contribution in [0.2, 0.25) is 0 Å². The van der Waals surface area contributed by atoms with Crippen molar-refractivity contribution in [3.63, 3.8) is 0 Å². The molecule has 1 unspecified atom stereocenters. The van der Waals surface area contributed by atoms with Crippen molar-refractivity contribution in [1.82, 2.24) is 10.3 Å². The molecule has 1 aromatic rings. The van der Waals surface area contributed by atoms with Gasteiger partial charge in [0, 0.05) is 18.8 Å². The zero-order valence-corrected chi connectivity index (χ0v) is 12.0. The lowest BCUT2D eigenvalue weighted by molar-refractivity contribution is -0.124. The Labute approximate surface area is 123 Å². The van der Waals surface area contributed by atoms with Crippen LogP contribution in [0.4, 0.5) is 5.82 Å². The second-order valence-electron chi connectivity index (χ2n) is 5.51.